The maximum Gasteiger partial charge on any atom is 0.326 e. The van der Waals surface area contributed by atoms with E-state index in [-0.39, 0.29) is 11.3 Å². The molecular formula is C18H25NO4. The lowest BCUT2D eigenvalue weighted by molar-refractivity contribution is -0.150. The Labute approximate surface area is 137 Å². The average Bonchev–Trinajstić information content (AvgIpc) is 2.95. The molecule has 23 heavy (non-hydrogen) atoms. The highest BCUT2D eigenvalue weighted by molar-refractivity contribution is 5.87. The van der Waals surface area contributed by atoms with Gasteiger partial charge in [0, 0.05) is 6.54 Å². The maximum atomic E-state index is 12.5. The molecule has 1 aromatic carbocycles. The number of nitrogens with zero attached hydrogens (tertiary/aromatic N) is 1. The molecule has 1 heterocycles. The van der Waals surface area contributed by atoms with Gasteiger partial charge in [-0.25, -0.2) is 4.79 Å². The molecule has 0 bridgehead atoms. The van der Waals surface area contributed by atoms with Crippen LogP contribution in [0, 0.1) is 0 Å². The Morgan fingerprint density at radius 3 is 2.65 bits per heavy atom. The molecule has 5 nitrogen and oxygen atoms in total. The molecule has 126 valence electrons. The highest BCUT2D eigenvalue weighted by atomic mass is 16.5. The van der Waals surface area contributed by atoms with Crippen LogP contribution in [0.2, 0.25) is 0 Å². The summed E-state index contributed by atoms with van der Waals surface area (Å²) in [6.07, 6.45) is 0.521. The molecule has 0 spiro atoms. The van der Waals surface area contributed by atoms with Gasteiger partial charge in [0.05, 0.1) is 0 Å². The van der Waals surface area contributed by atoms with E-state index in [2.05, 4.69) is 20.8 Å². The van der Waals surface area contributed by atoms with Crippen molar-refractivity contribution in [2.45, 2.75) is 58.1 Å². The molecule has 1 unspecified atom stereocenters. The van der Waals surface area contributed by atoms with E-state index in [9.17, 15) is 14.7 Å². The number of carboxylic acid groups (broad SMARTS) is 1. The summed E-state index contributed by atoms with van der Waals surface area (Å²) in [5, 5.41) is 9.20. The van der Waals surface area contributed by atoms with Gasteiger partial charge in [-0.3, -0.25) is 4.79 Å². The molecule has 0 aliphatic carbocycles. The van der Waals surface area contributed by atoms with Crippen LogP contribution in [0.4, 0.5) is 0 Å². The zero-order chi connectivity index (χ0) is 17.2. The van der Waals surface area contributed by atoms with Crippen LogP contribution in [0.15, 0.2) is 24.3 Å². The molecule has 1 N–H and O–H groups in total. The smallest absolute Gasteiger partial charge is 0.326 e. The summed E-state index contributed by atoms with van der Waals surface area (Å²) in [5.41, 5.74) is 1.12. The number of hydrogen-bond donors (Lipinski definition) is 1. The van der Waals surface area contributed by atoms with Gasteiger partial charge in [0.25, 0.3) is 5.91 Å². The van der Waals surface area contributed by atoms with Gasteiger partial charge in [0.2, 0.25) is 0 Å². The van der Waals surface area contributed by atoms with Crippen molar-refractivity contribution in [1.82, 2.24) is 4.90 Å². The van der Waals surface area contributed by atoms with Crippen LogP contribution in [0.25, 0.3) is 0 Å². The summed E-state index contributed by atoms with van der Waals surface area (Å²) < 4.78 is 5.77. The summed E-state index contributed by atoms with van der Waals surface area (Å²) in [4.78, 5) is 25.1. The molecule has 1 amide bonds. The Morgan fingerprint density at radius 1 is 1.35 bits per heavy atom. The topological polar surface area (TPSA) is 66.8 Å². The Balaban J connectivity index is 2.08. The van der Waals surface area contributed by atoms with Gasteiger partial charge in [-0.15, -0.1) is 0 Å². The van der Waals surface area contributed by atoms with E-state index < -0.39 is 18.1 Å². The predicted molar refractivity (Wildman–Crippen MR) is 87.6 cm³/mol. The number of aliphatic carboxylic acids is 1. The summed E-state index contributed by atoms with van der Waals surface area (Å²) in [6.45, 7) is 8.49. The lowest BCUT2D eigenvalue weighted by Crippen LogP contribution is -2.46. The summed E-state index contributed by atoms with van der Waals surface area (Å²) in [5.74, 6) is -0.585. The molecule has 2 atom stereocenters. The number of carboxylic acids is 1. The van der Waals surface area contributed by atoms with Crippen molar-refractivity contribution in [2.24, 2.45) is 0 Å². The van der Waals surface area contributed by atoms with Gasteiger partial charge in [-0.05, 0) is 42.9 Å². The fourth-order valence-electron chi connectivity index (χ4n) is 2.81. The molecule has 1 aromatic rings. The number of rotatable bonds is 4. The van der Waals surface area contributed by atoms with Crippen LogP contribution in [0.3, 0.4) is 0 Å². The predicted octanol–water partition coefficient (Wildman–Crippen LogP) is 2.83. The lowest BCUT2D eigenvalue weighted by Gasteiger charge is -2.26. The van der Waals surface area contributed by atoms with E-state index >= 15 is 0 Å². The summed E-state index contributed by atoms with van der Waals surface area (Å²) in [6, 6.07) is 6.96. The molecule has 1 aliphatic rings. The first-order valence-electron chi connectivity index (χ1n) is 8.00. The molecule has 5 heteroatoms. The first-order valence-corrected chi connectivity index (χ1v) is 8.00. The zero-order valence-electron chi connectivity index (χ0n) is 14.2. The molecule has 1 fully saturated rings. The Bertz CT molecular complexity index is 591. The van der Waals surface area contributed by atoms with Crippen molar-refractivity contribution >= 4 is 11.9 Å². The molecule has 0 saturated carbocycles. The highest BCUT2D eigenvalue weighted by Gasteiger charge is 2.36. The van der Waals surface area contributed by atoms with Crippen molar-refractivity contribution in [3.63, 3.8) is 0 Å². The second-order valence-electron chi connectivity index (χ2n) is 7.07. The first kappa shape index (κ1) is 17.3. The number of amides is 1. The van der Waals surface area contributed by atoms with E-state index in [0.717, 1.165) is 12.0 Å². The van der Waals surface area contributed by atoms with Crippen molar-refractivity contribution < 1.29 is 19.4 Å². The summed E-state index contributed by atoms with van der Waals surface area (Å²) in [7, 11) is 0. The molecule has 0 radical (unpaired) electrons. The molecule has 1 aliphatic heterocycles. The SMILES string of the molecule is CC(Oc1cccc(C(C)(C)C)c1)C(=O)N1CCC[C@@H]1C(=O)O. The Morgan fingerprint density at radius 2 is 2.04 bits per heavy atom. The second-order valence-corrected chi connectivity index (χ2v) is 7.07. The quantitative estimate of drug-likeness (QED) is 0.926. The standard InChI is InChI=1S/C18H25NO4/c1-12(16(20)19-10-6-9-15(19)17(21)22)23-14-8-5-7-13(11-14)18(2,3)4/h5,7-8,11-12,15H,6,9-10H2,1-4H3,(H,21,22)/t12?,15-/m1/s1. The number of benzene rings is 1. The maximum absolute atomic E-state index is 12.5. The van der Waals surface area contributed by atoms with Crippen molar-refractivity contribution in [1.29, 1.82) is 0 Å². The van der Waals surface area contributed by atoms with Crippen LogP contribution in [0.1, 0.15) is 46.1 Å². The number of hydrogen-bond acceptors (Lipinski definition) is 3. The second kappa shape index (κ2) is 6.60. The van der Waals surface area contributed by atoms with Gasteiger partial charge in [-0.2, -0.15) is 0 Å². The van der Waals surface area contributed by atoms with E-state index in [4.69, 9.17) is 4.74 Å². The van der Waals surface area contributed by atoms with Crippen molar-refractivity contribution in [3.8, 4) is 5.75 Å². The molecule has 0 aromatic heterocycles. The number of likely N-dealkylation sites (tertiary alicyclic amines) is 1. The monoisotopic (exact) mass is 319 g/mol. The van der Waals surface area contributed by atoms with E-state index in [1.807, 2.05) is 24.3 Å². The fraction of sp³-hybridized carbons (Fsp3) is 0.556. The Kier molecular flexibility index (Phi) is 4.97. The highest BCUT2D eigenvalue weighted by Crippen LogP contribution is 2.26. The van der Waals surface area contributed by atoms with Gasteiger partial charge < -0.3 is 14.7 Å². The minimum absolute atomic E-state index is 0.00400. The van der Waals surface area contributed by atoms with Crippen LogP contribution in [-0.2, 0) is 15.0 Å². The summed E-state index contributed by atoms with van der Waals surface area (Å²) >= 11 is 0. The number of ether oxygens (including phenoxy) is 1. The lowest BCUT2D eigenvalue weighted by atomic mass is 9.87. The number of carbonyl (C=O) groups is 2. The van der Waals surface area contributed by atoms with Crippen LogP contribution < -0.4 is 4.74 Å². The third-order valence-electron chi connectivity index (χ3n) is 4.18. The van der Waals surface area contributed by atoms with Crippen LogP contribution >= 0.6 is 0 Å². The van der Waals surface area contributed by atoms with Crippen molar-refractivity contribution in [3.05, 3.63) is 29.8 Å². The Hall–Kier alpha value is -2.04. The minimum atomic E-state index is -0.947. The average molecular weight is 319 g/mol. The molecule has 1 saturated heterocycles. The van der Waals surface area contributed by atoms with Crippen LogP contribution in [-0.4, -0.2) is 40.6 Å². The van der Waals surface area contributed by atoms with Gasteiger partial charge >= 0.3 is 5.97 Å². The molecule has 2 rings (SSSR count). The van der Waals surface area contributed by atoms with Crippen LogP contribution in [0.5, 0.6) is 5.75 Å². The normalized spacial score (nSPS) is 19.5. The minimum Gasteiger partial charge on any atom is -0.481 e. The third kappa shape index (κ3) is 4.03. The van der Waals surface area contributed by atoms with Crippen molar-refractivity contribution in [2.75, 3.05) is 6.54 Å². The zero-order valence-corrected chi connectivity index (χ0v) is 14.2. The third-order valence-corrected chi connectivity index (χ3v) is 4.18. The van der Waals surface area contributed by atoms with E-state index in [1.165, 1.54) is 4.90 Å². The van der Waals surface area contributed by atoms with E-state index in [0.29, 0.717) is 18.7 Å². The van der Waals surface area contributed by atoms with Gasteiger partial charge in [-0.1, -0.05) is 32.9 Å². The first-order chi connectivity index (χ1) is 10.7. The van der Waals surface area contributed by atoms with E-state index in [1.54, 1.807) is 6.92 Å². The number of carbonyl (C=O) groups excluding carboxylic acids is 1. The largest absolute Gasteiger partial charge is 0.481 e. The van der Waals surface area contributed by atoms with Gasteiger partial charge in [0.15, 0.2) is 6.10 Å². The van der Waals surface area contributed by atoms with Gasteiger partial charge in [0.1, 0.15) is 11.8 Å². The fourth-order valence-corrected chi connectivity index (χ4v) is 2.81. The molecular weight excluding hydrogens is 294 g/mol.